The average molecular weight is 474 g/mol. The van der Waals surface area contributed by atoms with E-state index in [1.165, 1.54) is 6.33 Å². The summed E-state index contributed by atoms with van der Waals surface area (Å²) in [5.41, 5.74) is 4.58. The van der Waals surface area contributed by atoms with Crippen molar-refractivity contribution in [2.24, 2.45) is 0 Å². The molecule has 4 aromatic rings. The molecule has 2 aromatic carbocycles. The van der Waals surface area contributed by atoms with Crippen molar-refractivity contribution in [2.45, 2.75) is 12.1 Å². The number of hydrogen-bond donors (Lipinski definition) is 1. The van der Waals surface area contributed by atoms with E-state index in [4.69, 9.17) is 25.8 Å². The van der Waals surface area contributed by atoms with Gasteiger partial charge in [-0.3, -0.25) is 4.98 Å². The molecule has 34 heavy (non-hydrogen) atoms. The van der Waals surface area contributed by atoms with Gasteiger partial charge in [-0.05, 0) is 42.0 Å². The van der Waals surface area contributed by atoms with Crippen LogP contribution in [-0.4, -0.2) is 34.0 Å². The molecule has 0 radical (unpaired) electrons. The number of hydrogen-bond acceptors (Lipinski definition) is 7. The van der Waals surface area contributed by atoms with Crippen LogP contribution in [-0.2, 0) is 0 Å². The van der Waals surface area contributed by atoms with Crippen LogP contribution in [0.1, 0.15) is 28.8 Å². The lowest BCUT2D eigenvalue weighted by atomic mass is 9.85. The van der Waals surface area contributed by atoms with Gasteiger partial charge in [-0.1, -0.05) is 23.7 Å². The zero-order valence-corrected chi connectivity index (χ0v) is 19.2. The van der Waals surface area contributed by atoms with E-state index in [-0.39, 0.29) is 6.04 Å². The van der Waals surface area contributed by atoms with E-state index in [0.717, 1.165) is 28.0 Å². The van der Waals surface area contributed by atoms with Crippen LogP contribution in [0, 0.1) is 0 Å². The summed E-state index contributed by atoms with van der Waals surface area (Å²) >= 11 is 6.39. The molecule has 2 aliphatic heterocycles. The van der Waals surface area contributed by atoms with Gasteiger partial charge in [0.05, 0.1) is 19.9 Å². The molecule has 2 aliphatic rings. The lowest BCUT2D eigenvalue weighted by molar-refractivity contribution is 0.222. The van der Waals surface area contributed by atoms with Crippen LogP contribution < -0.4 is 19.5 Å². The minimum Gasteiger partial charge on any atom is -0.493 e. The summed E-state index contributed by atoms with van der Waals surface area (Å²) in [5, 5.41) is 8.61. The Kier molecular flexibility index (Phi) is 4.88. The van der Waals surface area contributed by atoms with Crippen LogP contribution in [0.4, 0.5) is 5.95 Å². The lowest BCUT2D eigenvalue weighted by Gasteiger charge is -2.39. The van der Waals surface area contributed by atoms with Crippen LogP contribution in [0.3, 0.4) is 0 Å². The quantitative estimate of drug-likeness (QED) is 0.451. The summed E-state index contributed by atoms with van der Waals surface area (Å²) in [4.78, 5) is 8.80. The highest BCUT2D eigenvalue weighted by atomic mass is 35.5. The molecule has 0 amide bonds. The fraction of sp³-hybridized carbons (Fsp3) is 0.160. The summed E-state index contributed by atoms with van der Waals surface area (Å²) in [6.45, 7) is 0. The van der Waals surface area contributed by atoms with Gasteiger partial charge in [-0.2, -0.15) is 10.1 Å². The Hall–Kier alpha value is -4.04. The van der Waals surface area contributed by atoms with Crippen LogP contribution in [0.5, 0.6) is 17.2 Å². The number of halogens is 1. The van der Waals surface area contributed by atoms with Crippen molar-refractivity contribution in [2.75, 3.05) is 19.5 Å². The molecule has 0 saturated heterocycles. The van der Waals surface area contributed by atoms with E-state index in [0.29, 0.717) is 28.2 Å². The minimum absolute atomic E-state index is 0.298. The Morgan fingerprint density at radius 3 is 2.71 bits per heavy atom. The molecule has 0 aliphatic carbocycles. The summed E-state index contributed by atoms with van der Waals surface area (Å²) in [6, 6.07) is 15.0. The molecule has 0 saturated carbocycles. The highest BCUT2D eigenvalue weighted by molar-refractivity contribution is 6.30. The van der Waals surface area contributed by atoms with Gasteiger partial charge in [-0.25, -0.2) is 4.68 Å². The standard InChI is InChI=1S/C25H20ClN5O3/c1-32-19-7-5-14(10-20(19)33-2)24-21-22(17-11-16(26)6-8-18(17)34-24)30-25-28-13-29-31(25)23(21)15-4-3-9-27-12-15/h3-13,23-24H,1-2H3,(H,28,29,30)/t23-,24+/m0/s1. The van der Waals surface area contributed by atoms with Gasteiger partial charge < -0.3 is 19.5 Å². The Morgan fingerprint density at radius 2 is 1.91 bits per heavy atom. The van der Waals surface area contributed by atoms with Crippen molar-refractivity contribution < 1.29 is 14.2 Å². The van der Waals surface area contributed by atoms with Crippen LogP contribution in [0.2, 0.25) is 5.02 Å². The summed E-state index contributed by atoms with van der Waals surface area (Å²) in [7, 11) is 3.23. The predicted octanol–water partition coefficient (Wildman–Crippen LogP) is 4.90. The first kappa shape index (κ1) is 20.6. The molecule has 2 atom stereocenters. The number of aromatic nitrogens is 4. The third-order valence-corrected chi connectivity index (χ3v) is 6.32. The van der Waals surface area contributed by atoms with E-state index in [1.807, 2.05) is 59.4 Å². The number of benzene rings is 2. The molecule has 1 N–H and O–H groups in total. The van der Waals surface area contributed by atoms with Crippen molar-refractivity contribution in [3.05, 3.63) is 94.5 Å². The first-order valence-corrected chi connectivity index (χ1v) is 11.0. The maximum atomic E-state index is 6.62. The molecule has 0 spiro atoms. The van der Waals surface area contributed by atoms with Crippen molar-refractivity contribution in [3.63, 3.8) is 0 Å². The molecule has 9 heteroatoms. The first-order chi connectivity index (χ1) is 16.7. The Bertz CT molecular complexity index is 1420. The van der Waals surface area contributed by atoms with E-state index in [2.05, 4.69) is 20.4 Å². The molecular weight excluding hydrogens is 454 g/mol. The fourth-order valence-electron chi connectivity index (χ4n) is 4.59. The van der Waals surface area contributed by atoms with Crippen LogP contribution in [0.25, 0.3) is 5.70 Å². The molecular formula is C25H20ClN5O3. The smallest absolute Gasteiger partial charge is 0.226 e. The third-order valence-electron chi connectivity index (χ3n) is 6.09. The molecule has 0 fully saturated rings. The molecule has 8 nitrogen and oxygen atoms in total. The van der Waals surface area contributed by atoms with Crippen molar-refractivity contribution in [1.82, 2.24) is 19.7 Å². The van der Waals surface area contributed by atoms with E-state index >= 15 is 0 Å². The number of ether oxygens (including phenoxy) is 3. The monoisotopic (exact) mass is 473 g/mol. The molecule has 0 unspecified atom stereocenters. The van der Waals surface area contributed by atoms with Crippen LogP contribution >= 0.6 is 11.6 Å². The number of anilines is 1. The Labute approximate surface area is 200 Å². The first-order valence-electron chi connectivity index (χ1n) is 10.7. The Balaban J connectivity index is 1.62. The van der Waals surface area contributed by atoms with Gasteiger partial charge in [-0.15, -0.1) is 0 Å². The maximum absolute atomic E-state index is 6.62. The minimum atomic E-state index is -0.446. The second-order valence-corrected chi connectivity index (χ2v) is 8.36. The number of rotatable bonds is 4. The van der Waals surface area contributed by atoms with Gasteiger partial charge >= 0.3 is 0 Å². The third kappa shape index (κ3) is 3.18. The topological polar surface area (TPSA) is 83.3 Å². The van der Waals surface area contributed by atoms with Gasteiger partial charge in [0.15, 0.2) is 11.5 Å². The van der Waals surface area contributed by atoms with Gasteiger partial charge in [0.2, 0.25) is 5.95 Å². The number of fused-ring (bicyclic) bond motifs is 3. The highest BCUT2D eigenvalue weighted by Crippen LogP contribution is 2.51. The zero-order valence-electron chi connectivity index (χ0n) is 18.4. The van der Waals surface area contributed by atoms with Gasteiger partial charge in [0, 0.05) is 34.1 Å². The van der Waals surface area contributed by atoms with Gasteiger partial charge in [0.1, 0.15) is 24.2 Å². The normalized spacial score (nSPS) is 18.2. The largest absolute Gasteiger partial charge is 0.493 e. The second kappa shape index (κ2) is 8.07. The maximum Gasteiger partial charge on any atom is 0.226 e. The number of nitrogens with zero attached hydrogens (tertiary/aromatic N) is 4. The Morgan fingerprint density at radius 1 is 1.03 bits per heavy atom. The number of methoxy groups -OCH3 is 2. The van der Waals surface area contributed by atoms with Crippen molar-refractivity contribution in [3.8, 4) is 17.2 Å². The number of pyridine rings is 1. The molecule has 0 bridgehead atoms. The number of nitrogens with one attached hydrogen (secondary N) is 1. The van der Waals surface area contributed by atoms with Crippen LogP contribution in [0.15, 0.2) is 72.8 Å². The molecule has 6 rings (SSSR count). The van der Waals surface area contributed by atoms with Crippen molar-refractivity contribution >= 4 is 23.2 Å². The lowest BCUT2D eigenvalue weighted by Crippen LogP contribution is -2.32. The molecule has 2 aromatic heterocycles. The van der Waals surface area contributed by atoms with Crippen molar-refractivity contribution in [1.29, 1.82) is 0 Å². The molecule has 4 heterocycles. The van der Waals surface area contributed by atoms with Gasteiger partial charge in [0.25, 0.3) is 0 Å². The molecule has 170 valence electrons. The van der Waals surface area contributed by atoms with E-state index < -0.39 is 6.10 Å². The average Bonchev–Trinajstić information content (AvgIpc) is 3.35. The fourth-order valence-corrected chi connectivity index (χ4v) is 4.76. The highest BCUT2D eigenvalue weighted by Gasteiger charge is 2.41. The summed E-state index contributed by atoms with van der Waals surface area (Å²) < 4.78 is 19.5. The van der Waals surface area contributed by atoms with E-state index in [1.54, 1.807) is 20.4 Å². The SMILES string of the molecule is COc1ccc([C@H]2Oc3ccc(Cl)cc3C3=C2[C@H](c2cccnc2)n2ncnc2N3)cc1OC. The zero-order chi connectivity index (χ0) is 23.2. The summed E-state index contributed by atoms with van der Waals surface area (Å²) in [5.74, 6) is 2.61. The second-order valence-electron chi connectivity index (χ2n) is 7.93. The van der Waals surface area contributed by atoms with E-state index in [9.17, 15) is 0 Å². The predicted molar refractivity (Wildman–Crippen MR) is 127 cm³/mol. The summed E-state index contributed by atoms with van der Waals surface area (Å²) in [6.07, 6.45) is 4.68.